The van der Waals surface area contributed by atoms with Crippen LogP contribution in [0.3, 0.4) is 0 Å². The highest BCUT2D eigenvalue weighted by Crippen LogP contribution is 2.28. The van der Waals surface area contributed by atoms with Crippen molar-refractivity contribution in [1.29, 1.82) is 0 Å². The van der Waals surface area contributed by atoms with Crippen molar-refractivity contribution in [3.05, 3.63) is 71.0 Å². The second-order valence-corrected chi connectivity index (χ2v) is 9.32. The summed E-state index contributed by atoms with van der Waals surface area (Å²) in [6.07, 6.45) is 1.15. The molecule has 0 fully saturated rings. The van der Waals surface area contributed by atoms with Crippen molar-refractivity contribution in [1.82, 2.24) is 9.88 Å². The number of nitrogens with zero attached hydrogens (tertiary/aromatic N) is 2. The highest BCUT2D eigenvalue weighted by molar-refractivity contribution is 7.90. The number of rotatable bonds is 5. The molecule has 1 aromatic heterocycles. The summed E-state index contributed by atoms with van der Waals surface area (Å²) in [4.78, 5) is 18.8. The number of benzene rings is 2. The van der Waals surface area contributed by atoms with E-state index in [0.29, 0.717) is 10.6 Å². The lowest BCUT2D eigenvalue weighted by Gasteiger charge is -2.24. The van der Waals surface area contributed by atoms with E-state index in [2.05, 4.69) is 4.98 Å². The van der Waals surface area contributed by atoms with E-state index in [1.54, 1.807) is 42.8 Å². The number of amides is 1. The van der Waals surface area contributed by atoms with E-state index in [9.17, 15) is 17.6 Å². The van der Waals surface area contributed by atoms with Crippen LogP contribution in [0, 0.1) is 5.82 Å². The topological polar surface area (TPSA) is 67.3 Å². The normalized spacial score (nSPS) is 12.6. The highest BCUT2D eigenvalue weighted by Gasteiger charge is 2.22. The number of carbonyl (C=O) groups excluding carboxylic acids is 1. The molecule has 1 heterocycles. The molecule has 0 saturated heterocycles. The summed E-state index contributed by atoms with van der Waals surface area (Å²) in [5.41, 5.74) is 1.40. The molecule has 0 radical (unpaired) electrons. The average molecular weight is 419 g/mol. The first-order valence-electron chi connectivity index (χ1n) is 8.46. The lowest BCUT2D eigenvalue weighted by atomic mass is 10.1. The number of halogens is 1. The molecule has 0 N–H and O–H groups in total. The molecule has 146 valence electrons. The van der Waals surface area contributed by atoms with Crippen LogP contribution in [0.2, 0.25) is 0 Å². The number of thiazole rings is 1. The van der Waals surface area contributed by atoms with Crippen molar-refractivity contribution in [2.24, 2.45) is 0 Å². The van der Waals surface area contributed by atoms with Crippen molar-refractivity contribution in [2.75, 3.05) is 13.3 Å². The molecule has 28 heavy (non-hydrogen) atoms. The third-order valence-electron chi connectivity index (χ3n) is 4.52. The van der Waals surface area contributed by atoms with Crippen LogP contribution in [0.5, 0.6) is 0 Å². The SMILES string of the molecule is CC(c1ccc(S(C)(=O)=O)cc1)N(C)C(=O)c1csc(-c2ccccc2F)n1. The molecule has 0 saturated carbocycles. The number of hydrogen-bond donors (Lipinski definition) is 0. The van der Waals surface area contributed by atoms with E-state index in [4.69, 9.17) is 0 Å². The standard InChI is InChI=1S/C20H19FN2O3S2/c1-13(14-8-10-15(11-9-14)28(3,25)26)23(2)20(24)18-12-27-19(22-18)16-6-4-5-7-17(16)21/h4-13H,1-3H3. The Kier molecular flexibility index (Phi) is 5.62. The fraction of sp³-hybridized carbons (Fsp3) is 0.200. The van der Waals surface area contributed by atoms with Crippen molar-refractivity contribution in [2.45, 2.75) is 17.9 Å². The van der Waals surface area contributed by atoms with Gasteiger partial charge in [-0.2, -0.15) is 0 Å². The van der Waals surface area contributed by atoms with Crippen molar-refractivity contribution in [3.8, 4) is 10.6 Å². The predicted octanol–water partition coefficient (Wildman–Crippen LogP) is 4.19. The van der Waals surface area contributed by atoms with E-state index in [1.807, 2.05) is 6.92 Å². The zero-order valence-corrected chi connectivity index (χ0v) is 17.2. The molecule has 5 nitrogen and oxygen atoms in total. The van der Waals surface area contributed by atoms with Gasteiger partial charge < -0.3 is 4.90 Å². The van der Waals surface area contributed by atoms with Gasteiger partial charge in [0, 0.05) is 24.2 Å². The molecule has 3 rings (SSSR count). The van der Waals surface area contributed by atoms with E-state index in [-0.39, 0.29) is 28.4 Å². The summed E-state index contributed by atoms with van der Waals surface area (Å²) < 4.78 is 37.1. The molecule has 0 spiro atoms. The zero-order valence-electron chi connectivity index (χ0n) is 15.6. The zero-order chi connectivity index (χ0) is 20.5. The Morgan fingerprint density at radius 1 is 1.14 bits per heavy atom. The van der Waals surface area contributed by atoms with Crippen LogP contribution in [-0.2, 0) is 9.84 Å². The molecule has 0 aliphatic heterocycles. The van der Waals surface area contributed by atoms with Crippen molar-refractivity contribution < 1.29 is 17.6 Å². The fourth-order valence-electron chi connectivity index (χ4n) is 2.70. The van der Waals surface area contributed by atoms with Gasteiger partial charge in [0.15, 0.2) is 9.84 Å². The van der Waals surface area contributed by atoms with E-state index < -0.39 is 9.84 Å². The van der Waals surface area contributed by atoms with Gasteiger partial charge in [0.05, 0.1) is 10.9 Å². The Hall–Kier alpha value is -2.58. The monoisotopic (exact) mass is 418 g/mol. The molecule has 0 aliphatic carbocycles. The quantitative estimate of drug-likeness (QED) is 0.623. The van der Waals surface area contributed by atoms with Gasteiger partial charge in [0.1, 0.15) is 16.5 Å². The molecule has 1 amide bonds. The Balaban J connectivity index is 1.80. The summed E-state index contributed by atoms with van der Waals surface area (Å²) >= 11 is 1.21. The van der Waals surface area contributed by atoms with Crippen LogP contribution in [0.25, 0.3) is 10.6 Å². The molecule has 0 aliphatic rings. The first kappa shape index (κ1) is 20.2. The number of sulfone groups is 1. The van der Waals surface area contributed by atoms with Gasteiger partial charge >= 0.3 is 0 Å². The maximum atomic E-state index is 13.9. The van der Waals surface area contributed by atoms with Crippen LogP contribution >= 0.6 is 11.3 Å². The molecule has 0 bridgehead atoms. The first-order chi connectivity index (χ1) is 13.2. The summed E-state index contributed by atoms with van der Waals surface area (Å²) in [6, 6.07) is 12.4. The lowest BCUT2D eigenvalue weighted by Crippen LogP contribution is -2.29. The van der Waals surface area contributed by atoms with Crippen LogP contribution < -0.4 is 0 Å². The number of aromatic nitrogens is 1. The Morgan fingerprint density at radius 2 is 1.79 bits per heavy atom. The van der Waals surface area contributed by atoms with Crippen LogP contribution in [0.15, 0.2) is 58.8 Å². The van der Waals surface area contributed by atoms with Gasteiger partial charge in [-0.1, -0.05) is 24.3 Å². The van der Waals surface area contributed by atoms with Gasteiger partial charge in [-0.3, -0.25) is 4.79 Å². The maximum absolute atomic E-state index is 13.9. The van der Waals surface area contributed by atoms with Gasteiger partial charge in [-0.25, -0.2) is 17.8 Å². The highest BCUT2D eigenvalue weighted by atomic mass is 32.2. The van der Waals surface area contributed by atoms with Crippen LogP contribution in [0.4, 0.5) is 4.39 Å². The molecule has 1 atom stereocenters. The van der Waals surface area contributed by atoms with Crippen molar-refractivity contribution >= 4 is 27.1 Å². The van der Waals surface area contributed by atoms with E-state index >= 15 is 0 Å². The molecule has 2 aromatic carbocycles. The third kappa shape index (κ3) is 4.13. The van der Waals surface area contributed by atoms with Gasteiger partial charge in [-0.15, -0.1) is 11.3 Å². The van der Waals surface area contributed by atoms with Gasteiger partial charge in [-0.05, 0) is 36.8 Å². The Bertz CT molecular complexity index is 1110. The lowest BCUT2D eigenvalue weighted by molar-refractivity contribution is 0.0737. The van der Waals surface area contributed by atoms with Crippen LogP contribution in [-0.4, -0.2) is 37.5 Å². The van der Waals surface area contributed by atoms with Crippen molar-refractivity contribution in [3.63, 3.8) is 0 Å². The molecule has 3 aromatic rings. The second-order valence-electron chi connectivity index (χ2n) is 6.45. The van der Waals surface area contributed by atoms with Crippen LogP contribution in [0.1, 0.15) is 29.0 Å². The minimum atomic E-state index is -3.27. The largest absolute Gasteiger partial charge is 0.334 e. The minimum absolute atomic E-state index is 0.228. The maximum Gasteiger partial charge on any atom is 0.273 e. The molecular weight excluding hydrogens is 399 g/mol. The summed E-state index contributed by atoms with van der Waals surface area (Å²) in [5, 5.41) is 2.06. The molecule has 8 heteroatoms. The second kappa shape index (κ2) is 7.81. The number of hydrogen-bond acceptors (Lipinski definition) is 5. The summed E-state index contributed by atoms with van der Waals surface area (Å²) in [6.45, 7) is 1.84. The third-order valence-corrected chi connectivity index (χ3v) is 6.52. The van der Waals surface area contributed by atoms with Gasteiger partial charge in [0.2, 0.25) is 0 Å². The summed E-state index contributed by atoms with van der Waals surface area (Å²) in [7, 11) is -1.62. The summed E-state index contributed by atoms with van der Waals surface area (Å²) in [5.74, 6) is -0.679. The first-order valence-corrected chi connectivity index (χ1v) is 11.2. The minimum Gasteiger partial charge on any atom is -0.334 e. The van der Waals surface area contributed by atoms with E-state index in [0.717, 1.165) is 11.8 Å². The smallest absolute Gasteiger partial charge is 0.273 e. The van der Waals surface area contributed by atoms with Gasteiger partial charge in [0.25, 0.3) is 5.91 Å². The van der Waals surface area contributed by atoms with E-state index in [1.165, 1.54) is 34.4 Å². The predicted molar refractivity (Wildman–Crippen MR) is 108 cm³/mol. The Morgan fingerprint density at radius 3 is 2.39 bits per heavy atom. The Labute approximate surface area is 167 Å². The molecular formula is C20H19FN2O3S2. The fourth-order valence-corrected chi connectivity index (χ4v) is 4.15. The average Bonchev–Trinajstić information content (AvgIpc) is 3.16. The number of carbonyl (C=O) groups is 1. The molecule has 1 unspecified atom stereocenters.